The molecule has 1 atom stereocenters. The number of carbonyl (C=O) groups excluding carboxylic acids is 1. The van der Waals surface area contributed by atoms with Crippen LogP contribution in [-0.2, 0) is 4.74 Å². The molecule has 2 heterocycles. The zero-order valence-corrected chi connectivity index (χ0v) is 15.4. The van der Waals surface area contributed by atoms with Gasteiger partial charge in [-0.3, -0.25) is 4.79 Å². The summed E-state index contributed by atoms with van der Waals surface area (Å²) in [7, 11) is 0. The molecule has 0 unspecified atom stereocenters. The number of para-hydroxylation sites is 1. The molecule has 0 aliphatic carbocycles. The van der Waals surface area contributed by atoms with Crippen molar-refractivity contribution in [2.24, 2.45) is 0 Å². The highest BCUT2D eigenvalue weighted by Crippen LogP contribution is 2.24. The van der Waals surface area contributed by atoms with Crippen molar-refractivity contribution in [3.05, 3.63) is 83.4 Å². The van der Waals surface area contributed by atoms with E-state index in [1.165, 1.54) is 22.9 Å². The summed E-state index contributed by atoms with van der Waals surface area (Å²) in [5.74, 6) is -1.89. The maximum absolute atomic E-state index is 13.2. The molecule has 1 saturated heterocycles. The summed E-state index contributed by atoms with van der Waals surface area (Å²) in [4.78, 5) is 26.2. The Hall–Kier alpha value is -3.52. The van der Waals surface area contributed by atoms with Crippen molar-refractivity contribution in [1.29, 1.82) is 0 Å². The second-order valence-electron chi connectivity index (χ2n) is 6.63. The monoisotopic (exact) mass is 395 g/mol. The summed E-state index contributed by atoms with van der Waals surface area (Å²) in [6, 6.07) is 16.1. The molecule has 1 amide bonds. The molecule has 3 aromatic rings. The fourth-order valence-electron chi connectivity index (χ4n) is 3.28. The molecule has 1 aliphatic heterocycles. The molecule has 1 aliphatic rings. The summed E-state index contributed by atoms with van der Waals surface area (Å²) >= 11 is 0. The van der Waals surface area contributed by atoms with E-state index in [1.54, 1.807) is 41.3 Å². The number of morpholine rings is 1. The van der Waals surface area contributed by atoms with Gasteiger partial charge in [0, 0.05) is 12.6 Å². The lowest BCUT2D eigenvalue weighted by Crippen LogP contribution is -2.42. The molecular formula is C21H18FN3O4. The number of carboxylic acid groups (broad SMARTS) is 1. The molecule has 0 saturated carbocycles. The van der Waals surface area contributed by atoms with Gasteiger partial charge in [-0.15, -0.1) is 0 Å². The smallest absolute Gasteiger partial charge is 0.356 e. The van der Waals surface area contributed by atoms with Crippen LogP contribution in [0.2, 0.25) is 0 Å². The first kappa shape index (κ1) is 18.8. The van der Waals surface area contributed by atoms with Gasteiger partial charge < -0.3 is 14.7 Å². The molecule has 8 heteroatoms. The zero-order chi connectivity index (χ0) is 20.4. The minimum atomic E-state index is -1.21. The number of hydrogen-bond donors (Lipinski definition) is 1. The number of benzene rings is 2. The third kappa shape index (κ3) is 3.88. The highest BCUT2D eigenvalue weighted by atomic mass is 19.1. The predicted molar refractivity (Wildman–Crippen MR) is 102 cm³/mol. The maximum atomic E-state index is 13.2. The molecule has 2 aromatic carbocycles. The Kier molecular flexibility index (Phi) is 5.09. The van der Waals surface area contributed by atoms with E-state index >= 15 is 0 Å². The molecule has 7 nitrogen and oxygen atoms in total. The van der Waals surface area contributed by atoms with Crippen LogP contribution < -0.4 is 0 Å². The van der Waals surface area contributed by atoms with Gasteiger partial charge in [-0.2, -0.15) is 5.10 Å². The maximum Gasteiger partial charge on any atom is 0.356 e. The van der Waals surface area contributed by atoms with E-state index in [4.69, 9.17) is 4.74 Å². The van der Waals surface area contributed by atoms with Crippen LogP contribution >= 0.6 is 0 Å². The summed E-state index contributed by atoms with van der Waals surface area (Å²) in [6.07, 6.45) is -0.389. The third-order valence-electron chi connectivity index (χ3n) is 4.74. The lowest BCUT2D eigenvalue weighted by atomic mass is 10.1. The number of carbonyl (C=O) groups is 2. The van der Waals surface area contributed by atoms with Crippen molar-refractivity contribution in [1.82, 2.24) is 14.7 Å². The number of amides is 1. The molecule has 29 heavy (non-hydrogen) atoms. The predicted octanol–water partition coefficient (Wildman–Crippen LogP) is 2.92. The Labute approximate surface area is 165 Å². The van der Waals surface area contributed by atoms with Gasteiger partial charge in [0.1, 0.15) is 17.6 Å². The van der Waals surface area contributed by atoms with Crippen LogP contribution in [-0.4, -0.2) is 51.4 Å². The van der Waals surface area contributed by atoms with Gasteiger partial charge in [0.2, 0.25) is 0 Å². The fourth-order valence-corrected chi connectivity index (χ4v) is 3.28. The van der Waals surface area contributed by atoms with Gasteiger partial charge in [-0.25, -0.2) is 13.9 Å². The number of halogens is 1. The summed E-state index contributed by atoms with van der Waals surface area (Å²) in [5, 5.41) is 13.4. The number of carboxylic acids is 1. The Balaban J connectivity index is 1.63. The van der Waals surface area contributed by atoms with E-state index in [-0.39, 0.29) is 35.8 Å². The largest absolute Gasteiger partial charge is 0.476 e. The van der Waals surface area contributed by atoms with Crippen molar-refractivity contribution in [2.75, 3.05) is 19.7 Å². The molecule has 1 N–H and O–H groups in total. The van der Waals surface area contributed by atoms with E-state index in [0.717, 1.165) is 5.56 Å². The average molecular weight is 395 g/mol. The van der Waals surface area contributed by atoms with Crippen LogP contribution in [0.5, 0.6) is 0 Å². The Bertz CT molecular complexity index is 1030. The second kappa shape index (κ2) is 7.84. The molecule has 1 fully saturated rings. The molecular weight excluding hydrogens is 377 g/mol. The third-order valence-corrected chi connectivity index (χ3v) is 4.74. The quantitative estimate of drug-likeness (QED) is 0.734. The minimum absolute atomic E-state index is 0.161. The highest BCUT2D eigenvalue weighted by Gasteiger charge is 2.29. The van der Waals surface area contributed by atoms with E-state index in [2.05, 4.69) is 5.10 Å². The lowest BCUT2D eigenvalue weighted by Gasteiger charge is -2.33. The van der Waals surface area contributed by atoms with E-state index in [9.17, 15) is 19.1 Å². The number of rotatable bonds is 4. The first-order chi connectivity index (χ1) is 14.0. The van der Waals surface area contributed by atoms with E-state index < -0.39 is 5.97 Å². The first-order valence-corrected chi connectivity index (χ1v) is 9.08. The Morgan fingerprint density at radius 3 is 2.52 bits per heavy atom. The molecule has 4 rings (SSSR count). The van der Waals surface area contributed by atoms with E-state index in [1.807, 2.05) is 6.07 Å². The molecule has 1 aromatic heterocycles. The van der Waals surface area contributed by atoms with Gasteiger partial charge in [-0.1, -0.05) is 30.3 Å². The summed E-state index contributed by atoms with van der Waals surface area (Å²) in [6.45, 7) is 0.949. The van der Waals surface area contributed by atoms with Crippen molar-refractivity contribution in [2.45, 2.75) is 6.10 Å². The van der Waals surface area contributed by atoms with Crippen LogP contribution in [0.4, 0.5) is 4.39 Å². The van der Waals surface area contributed by atoms with Crippen LogP contribution in [0.15, 0.2) is 60.7 Å². The van der Waals surface area contributed by atoms with Crippen molar-refractivity contribution in [3.8, 4) is 5.69 Å². The molecule has 0 spiro atoms. The van der Waals surface area contributed by atoms with Crippen LogP contribution in [0.1, 0.15) is 32.6 Å². The number of ether oxygens (including phenoxy) is 1. The van der Waals surface area contributed by atoms with Gasteiger partial charge >= 0.3 is 5.97 Å². The van der Waals surface area contributed by atoms with Crippen molar-refractivity contribution < 1.29 is 23.8 Å². The first-order valence-electron chi connectivity index (χ1n) is 9.08. The summed E-state index contributed by atoms with van der Waals surface area (Å²) in [5.41, 5.74) is 1.31. The zero-order valence-electron chi connectivity index (χ0n) is 15.4. The van der Waals surface area contributed by atoms with Crippen LogP contribution in [0.25, 0.3) is 5.69 Å². The Morgan fingerprint density at radius 2 is 1.83 bits per heavy atom. The number of aromatic carboxylic acids is 1. The molecule has 0 bridgehead atoms. The Morgan fingerprint density at radius 1 is 1.10 bits per heavy atom. The van der Waals surface area contributed by atoms with E-state index in [0.29, 0.717) is 18.8 Å². The van der Waals surface area contributed by atoms with Gasteiger partial charge in [0.25, 0.3) is 5.91 Å². The normalized spacial score (nSPS) is 16.6. The second-order valence-corrected chi connectivity index (χ2v) is 6.63. The van der Waals surface area contributed by atoms with Crippen LogP contribution in [0.3, 0.4) is 0 Å². The number of hydrogen-bond acceptors (Lipinski definition) is 4. The van der Waals surface area contributed by atoms with Crippen molar-refractivity contribution >= 4 is 11.9 Å². The van der Waals surface area contributed by atoms with Gasteiger partial charge in [-0.05, 0) is 29.8 Å². The fraction of sp³-hybridized carbons (Fsp3) is 0.190. The number of nitrogens with zero attached hydrogens (tertiary/aromatic N) is 3. The minimum Gasteiger partial charge on any atom is -0.476 e. The lowest BCUT2D eigenvalue weighted by molar-refractivity contribution is -0.0231. The summed E-state index contributed by atoms with van der Waals surface area (Å²) < 4.78 is 20.3. The SMILES string of the molecule is O=C(O)c1cc(C(=O)N2CCO[C@H](c3ccc(F)cc3)C2)n(-c2ccccc2)n1. The standard InChI is InChI=1S/C21H18FN3O4/c22-15-8-6-14(7-9-15)19-13-24(10-11-29-19)20(26)18-12-17(21(27)28)23-25(18)16-4-2-1-3-5-16/h1-9,12,19H,10-11,13H2,(H,27,28)/t19-/m0/s1. The molecule has 0 radical (unpaired) electrons. The highest BCUT2D eigenvalue weighted by molar-refractivity contribution is 5.96. The average Bonchev–Trinajstić information content (AvgIpc) is 3.20. The van der Waals surface area contributed by atoms with Gasteiger partial charge in [0.05, 0.1) is 18.8 Å². The molecule has 148 valence electrons. The van der Waals surface area contributed by atoms with Gasteiger partial charge in [0.15, 0.2) is 5.69 Å². The van der Waals surface area contributed by atoms with Crippen LogP contribution in [0, 0.1) is 5.82 Å². The van der Waals surface area contributed by atoms with Crippen molar-refractivity contribution in [3.63, 3.8) is 0 Å². The number of aromatic nitrogens is 2. The topological polar surface area (TPSA) is 84.7 Å².